The highest BCUT2D eigenvalue weighted by molar-refractivity contribution is 5.95. The number of imidazole rings is 1. The molecule has 1 N–H and O–H groups in total. The van der Waals surface area contributed by atoms with Gasteiger partial charge in [-0.3, -0.25) is 15.1 Å². The van der Waals surface area contributed by atoms with Crippen LogP contribution in [0, 0.1) is 13.8 Å². The molecule has 0 fully saturated rings. The van der Waals surface area contributed by atoms with E-state index in [1.807, 2.05) is 61.5 Å². The molecule has 0 saturated carbocycles. The number of ether oxygens (including phenoxy) is 1. The normalized spacial score (nSPS) is 12.7. The largest absolute Gasteiger partial charge is 0.497 e. The molecule has 0 amide bonds. The SMILES string of the molecule is CCCn1c(=O)cc(-c2cccc(C)c2)c2cc(C(NCc3ccc(OC)cc3)(c3ccc(C)nc3)c3cncn3C)ccc21. The first-order valence-electron chi connectivity index (χ1n) is 15.4. The summed E-state index contributed by atoms with van der Waals surface area (Å²) in [6, 6.07) is 28.9. The van der Waals surface area contributed by atoms with Gasteiger partial charge < -0.3 is 13.9 Å². The van der Waals surface area contributed by atoms with Crippen molar-refractivity contribution in [3.05, 3.63) is 148 Å². The van der Waals surface area contributed by atoms with Gasteiger partial charge in [-0.25, -0.2) is 4.98 Å². The lowest BCUT2D eigenvalue weighted by atomic mass is 9.79. The summed E-state index contributed by atoms with van der Waals surface area (Å²) in [6.07, 6.45) is 6.56. The van der Waals surface area contributed by atoms with Crippen LogP contribution in [-0.4, -0.2) is 26.2 Å². The number of benzene rings is 3. The molecule has 0 spiro atoms. The van der Waals surface area contributed by atoms with Crippen LogP contribution in [0.15, 0.2) is 108 Å². The van der Waals surface area contributed by atoms with E-state index < -0.39 is 5.54 Å². The van der Waals surface area contributed by atoms with Crippen LogP contribution in [0.1, 0.15) is 47.0 Å². The molecule has 7 nitrogen and oxygen atoms in total. The standard InChI is InChI=1S/C38H39N5O2/c1-6-18-43-35-17-14-30(20-34(35)33(21-37(43)44)29-9-7-8-26(2)19-29)38(36-24-39-25-42(36)4,31-13-10-27(3)40-23-31)41-22-28-11-15-32(45-5)16-12-28/h7-17,19-21,23-25,41H,6,18,22H2,1-5H3. The van der Waals surface area contributed by atoms with E-state index in [2.05, 4.69) is 83.3 Å². The van der Waals surface area contributed by atoms with Gasteiger partial charge in [0.15, 0.2) is 0 Å². The number of hydrogen-bond donors (Lipinski definition) is 1. The Bertz CT molecular complexity index is 2010. The first-order chi connectivity index (χ1) is 21.8. The summed E-state index contributed by atoms with van der Waals surface area (Å²) in [6.45, 7) is 7.39. The van der Waals surface area contributed by atoms with Crippen molar-refractivity contribution < 1.29 is 4.74 Å². The molecule has 0 radical (unpaired) electrons. The summed E-state index contributed by atoms with van der Waals surface area (Å²) in [7, 11) is 3.70. The predicted octanol–water partition coefficient (Wildman–Crippen LogP) is 6.91. The van der Waals surface area contributed by atoms with Gasteiger partial charge in [0, 0.05) is 49.0 Å². The van der Waals surface area contributed by atoms with Crippen molar-refractivity contribution >= 4 is 10.9 Å². The molecule has 1 unspecified atom stereocenters. The second-order valence-corrected chi connectivity index (χ2v) is 11.7. The van der Waals surface area contributed by atoms with Gasteiger partial charge in [-0.15, -0.1) is 0 Å². The van der Waals surface area contributed by atoms with Crippen LogP contribution in [0.3, 0.4) is 0 Å². The Morgan fingerprint density at radius 1 is 0.911 bits per heavy atom. The Balaban J connectivity index is 1.65. The number of hydrogen-bond acceptors (Lipinski definition) is 5. The zero-order chi connectivity index (χ0) is 31.6. The molecular weight excluding hydrogens is 558 g/mol. The van der Waals surface area contributed by atoms with Crippen molar-refractivity contribution in [2.45, 2.75) is 45.8 Å². The summed E-state index contributed by atoms with van der Waals surface area (Å²) in [5, 5.41) is 4.97. The lowest BCUT2D eigenvalue weighted by Crippen LogP contribution is -2.45. The lowest BCUT2D eigenvalue weighted by molar-refractivity contribution is 0.414. The molecular formula is C38H39N5O2. The zero-order valence-electron chi connectivity index (χ0n) is 26.5. The average molecular weight is 598 g/mol. The highest BCUT2D eigenvalue weighted by Crippen LogP contribution is 2.40. The minimum absolute atomic E-state index is 0.00636. The molecule has 0 aliphatic heterocycles. The van der Waals surface area contributed by atoms with Crippen LogP contribution >= 0.6 is 0 Å². The molecule has 0 aliphatic rings. The first-order valence-corrected chi connectivity index (χ1v) is 15.4. The summed E-state index contributed by atoms with van der Waals surface area (Å²) in [5.41, 5.74) is 8.22. The summed E-state index contributed by atoms with van der Waals surface area (Å²) in [5.74, 6) is 0.815. The number of nitrogens with zero attached hydrogens (tertiary/aromatic N) is 4. The number of rotatable bonds is 10. The maximum atomic E-state index is 13.5. The molecule has 0 bridgehead atoms. The number of aryl methyl sites for hydroxylation is 4. The second-order valence-electron chi connectivity index (χ2n) is 11.7. The third kappa shape index (κ3) is 5.67. The fourth-order valence-electron chi connectivity index (χ4n) is 6.27. The van der Waals surface area contributed by atoms with E-state index in [9.17, 15) is 4.79 Å². The third-order valence-electron chi connectivity index (χ3n) is 8.58. The predicted molar refractivity (Wildman–Crippen MR) is 181 cm³/mol. The van der Waals surface area contributed by atoms with Crippen molar-refractivity contribution in [2.75, 3.05) is 7.11 Å². The van der Waals surface area contributed by atoms with Gasteiger partial charge in [-0.2, -0.15) is 0 Å². The highest BCUT2D eigenvalue weighted by Gasteiger charge is 2.39. The van der Waals surface area contributed by atoms with Crippen molar-refractivity contribution in [1.82, 2.24) is 24.4 Å². The van der Waals surface area contributed by atoms with Gasteiger partial charge in [-0.1, -0.05) is 61.0 Å². The van der Waals surface area contributed by atoms with E-state index in [4.69, 9.17) is 9.72 Å². The number of fused-ring (bicyclic) bond motifs is 1. The third-order valence-corrected chi connectivity index (χ3v) is 8.58. The van der Waals surface area contributed by atoms with Gasteiger partial charge in [0.25, 0.3) is 5.56 Å². The molecule has 7 heteroatoms. The Morgan fingerprint density at radius 3 is 2.38 bits per heavy atom. The Kier molecular flexibility index (Phi) is 8.37. The summed E-state index contributed by atoms with van der Waals surface area (Å²) < 4.78 is 9.36. The van der Waals surface area contributed by atoms with Crippen molar-refractivity contribution in [3.8, 4) is 16.9 Å². The van der Waals surface area contributed by atoms with E-state index in [0.29, 0.717) is 13.1 Å². The lowest BCUT2D eigenvalue weighted by Gasteiger charge is -2.37. The zero-order valence-corrected chi connectivity index (χ0v) is 26.5. The highest BCUT2D eigenvalue weighted by atomic mass is 16.5. The van der Waals surface area contributed by atoms with Gasteiger partial charge in [0.1, 0.15) is 11.3 Å². The topological polar surface area (TPSA) is 74.0 Å². The molecule has 45 heavy (non-hydrogen) atoms. The van der Waals surface area contributed by atoms with Crippen LogP contribution in [0.5, 0.6) is 5.75 Å². The van der Waals surface area contributed by atoms with Crippen molar-refractivity contribution in [3.63, 3.8) is 0 Å². The molecule has 3 heterocycles. The molecule has 6 aromatic rings. The van der Waals surface area contributed by atoms with Crippen molar-refractivity contribution in [2.24, 2.45) is 7.05 Å². The van der Waals surface area contributed by atoms with Crippen LogP contribution in [0.25, 0.3) is 22.0 Å². The number of pyridine rings is 2. The first kappa shape index (κ1) is 30.0. The molecule has 228 valence electrons. The van der Waals surface area contributed by atoms with E-state index in [1.54, 1.807) is 13.2 Å². The molecule has 1 atom stereocenters. The van der Waals surface area contributed by atoms with Crippen LogP contribution in [0.2, 0.25) is 0 Å². The summed E-state index contributed by atoms with van der Waals surface area (Å²) >= 11 is 0. The maximum Gasteiger partial charge on any atom is 0.251 e. The fourth-order valence-corrected chi connectivity index (χ4v) is 6.27. The molecule has 3 aromatic heterocycles. The molecule has 0 saturated heterocycles. The Hall–Kier alpha value is -5.01. The minimum Gasteiger partial charge on any atom is -0.497 e. The molecule has 6 rings (SSSR count). The minimum atomic E-state index is -0.824. The monoisotopic (exact) mass is 597 g/mol. The van der Waals surface area contributed by atoms with Crippen LogP contribution in [-0.2, 0) is 25.7 Å². The molecule has 3 aromatic carbocycles. The number of aromatic nitrogens is 4. The van der Waals surface area contributed by atoms with Crippen LogP contribution in [0.4, 0.5) is 0 Å². The smallest absolute Gasteiger partial charge is 0.251 e. The quantitative estimate of drug-likeness (QED) is 0.186. The Labute approximate surface area is 264 Å². The van der Waals surface area contributed by atoms with Gasteiger partial charge in [0.2, 0.25) is 0 Å². The number of methoxy groups -OCH3 is 1. The maximum absolute atomic E-state index is 13.5. The van der Waals surface area contributed by atoms with Gasteiger partial charge in [-0.05, 0) is 72.9 Å². The average Bonchev–Trinajstić information content (AvgIpc) is 3.49. The fraction of sp³-hybridized carbons (Fsp3) is 0.237. The van der Waals surface area contributed by atoms with E-state index in [-0.39, 0.29) is 5.56 Å². The Morgan fingerprint density at radius 2 is 1.71 bits per heavy atom. The second kappa shape index (κ2) is 12.5. The van der Waals surface area contributed by atoms with Crippen LogP contribution < -0.4 is 15.6 Å². The number of nitrogens with one attached hydrogen (secondary N) is 1. The summed E-state index contributed by atoms with van der Waals surface area (Å²) in [4.78, 5) is 22.8. The van der Waals surface area contributed by atoms with E-state index in [0.717, 1.165) is 67.8 Å². The van der Waals surface area contributed by atoms with Gasteiger partial charge in [0.05, 0.1) is 30.8 Å². The van der Waals surface area contributed by atoms with E-state index >= 15 is 0 Å². The van der Waals surface area contributed by atoms with E-state index in [1.165, 1.54) is 0 Å². The molecule has 0 aliphatic carbocycles. The van der Waals surface area contributed by atoms with Gasteiger partial charge >= 0.3 is 0 Å². The van der Waals surface area contributed by atoms with Crippen molar-refractivity contribution in [1.29, 1.82) is 0 Å².